The van der Waals surface area contributed by atoms with Crippen LogP contribution in [0.3, 0.4) is 0 Å². The Labute approximate surface area is 167 Å². The van der Waals surface area contributed by atoms with Crippen molar-refractivity contribution in [2.24, 2.45) is 5.41 Å². The molecule has 154 valence electrons. The second-order valence-corrected chi connectivity index (χ2v) is 8.59. The lowest BCUT2D eigenvalue weighted by Crippen LogP contribution is -2.42. The van der Waals surface area contributed by atoms with Crippen LogP contribution in [0.15, 0.2) is 28.7 Å². The van der Waals surface area contributed by atoms with E-state index in [1.54, 1.807) is 0 Å². The van der Waals surface area contributed by atoms with Crippen molar-refractivity contribution >= 4 is 11.9 Å². The van der Waals surface area contributed by atoms with Crippen LogP contribution in [0.1, 0.15) is 50.5 Å². The molecule has 8 heteroatoms. The zero-order valence-electron chi connectivity index (χ0n) is 16.3. The summed E-state index contributed by atoms with van der Waals surface area (Å²) in [6.45, 7) is 2.36. The fourth-order valence-electron chi connectivity index (χ4n) is 4.30. The molecule has 0 radical (unpaired) electrons. The first-order chi connectivity index (χ1) is 13.9. The SMILES string of the molecule is CC[C@@H](Nc1nnc(-c2ccc(C3CC3)cc2)o1)C(=O)N1CCC2(C1)CC2(F)F. The lowest BCUT2D eigenvalue weighted by molar-refractivity contribution is -0.131. The molecule has 29 heavy (non-hydrogen) atoms. The van der Waals surface area contributed by atoms with Crippen molar-refractivity contribution in [1.29, 1.82) is 0 Å². The van der Waals surface area contributed by atoms with Gasteiger partial charge in [-0.3, -0.25) is 4.79 Å². The third-order valence-electron chi connectivity index (χ3n) is 6.51. The Morgan fingerprint density at radius 2 is 2.03 bits per heavy atom. The highest BCUT2D eigenvalue weighted by Crippen LogP contribution is 2.65. The Morgan fingerprint density at radius 1 is 1.31 bits per heavy atom. The van der Waals surface area contributed by atoms with Crippen LogP contribution in [-0.4, -0.2) is 46.1 Å². The highest BCUT2D eigenvalue weighted by atomic mass is 19.3. The number of carbonyl (C=O) groups excluding carboxylic acids is 1. The molecule has 2 aliphatic carbocycles. The first-order valence-corrected chi connectivity index (χ1v) is 10.3. The number of anilines is 1. The van der Waals surface area contributed by atoms with E-state index in [1.165, 1.54) is 23.3 Å². The molecular formula is C21H24F2N4O2. The monoisotopic (exact) mass is 402 g/mol. The number of rotatable bonds is 6. The number of benzene rings is 1. The Bertz CT molecular complexity index is 925. The summed E-state index contributed by atoms with van der Waals surface area (Å²) in [6.07, 6.45) is 3.24. The summed E-state index contributed by atoms with van der Waals surface area (Å²) in [5.41, 5.74) is 1.16. The van der Waals surface area contributed by atoms with Gasteiger partial charge in [0, 0.05) is 25.1 Å². The lowest BCUT2D eigenvalue weighted by atomic mass is 10.1. The van der Waals surface area contributed by atoms with Gasteiger partial charge in [-0.05, 0) is 49.3 Å². The smallest absolute Gasteiger partial charge is 0.316 e. The molecule has 2 aromatic rings. The van der Waals surface area contributed by atoms with Gasteiger partial charge in [-0.1, -0.05) is 24.2 Å². The van der Waals surface area contributed by atoms with Gasteiger partial charge in [-0.25, -0.2) is 8.78 Å². The predicted molar refractivity (Wildman–Crippen MR) is 103 cm³/mol. The summed E-state index contributed by atoms with van der Waals surface area (Å²) in [4.78, 5) is 14.4. The van der Waals surface area contributed by atoms with E-state index in [2.05, 4.69) is 27.6 Å². The number of likely N-dealkylation sites (tertiary alicyclic amines) is 1. The standard InChI is InChI=1S/C21H24F2N4O2/c1-2-16(18(28)27-10-9-20(12-27)11-21(20,22)23)24-19-26-25-17(29-19)15-7-5-14(6-8-15)13-3-4-13/h5-8,13,16H,2-4,9-12H2,1H3,(H,24,26)/t16-,20?/m1/s1. The number of halogens is 2. The van der Waals surface area contributed by atoms with Gasteiger partial charge >= 0.3 is 6.01 Å². The quantitative estimate of drug-likeness (QED) is 0.789. The molecule has 3 aliphatic rings. The van der Waals surface area contributed by atoms with Crippen LogP contribution in [0.25, 0.3) is 11.5 Å². The molecule has 1 aliphatic heterocycles. The Hall–Kier alpha value is -2.51. The maximum atomic E-state index is 13.6. The average molecular weight is 402 g/mol. The van der Waals surface area contributed by atoms with Crippen molar-refractivity contribution in [3.8, 4) is 11.5 Å². The summed E-state index contributed by atoms with van der Waals surface area (Å²) < 4.78 is 32.9. The second-order valence-electron chi connectivity index (χ2n) is 8.59. The molecule has 1 saturated heterocycles. The molecule has 2 heterocycles. The number of alkyl halides is 2. The first kappa shape index (κ1) is 18.5. The number of nitrogens with one attached hydrogen (secondary N) is 1. The Kier molecular flexibility index (Phi) is 4.15. The summed E-state index contributed by atoms with van der Waals surface area (Å²) >= 11 is 0. The lowest BCUT2D eigenvalue weighted by Gasteiger charge is -2.22. The molecule has 1 aromatic carbocycles. The van der Waals surface area contributed by atoms with Crippen molar-refractivity contribution in [1.82, 2.24) is 15.1 Å². The van der Waals surface area contributed by atoms with Gasteiger partial charge in [0.05, 0.1) is 5.41 Å². The van der Waals surface area contributed by atoms with E-state index in [0.29, 0.717) is 31.2 Å². The van der Waals surface area contributed by atoms with Crippen LogP contribution in [-0.2, 0) is 4.79 Å². The third kappa shape index (κ3) is 3.28. The van der Waals surface area contributed by atoms with E-state index in [1.807, 2.05) is 19.1 Å². The van der Waals surface area contributed by atoms with Crippen molar-refractivity contribution in [3.63, 3.8) is 0 Å². The number of hydrogen-bond donors (Lipinski definition) is 1. The summed E-state index contributed by atoms with van der Waals surface area (Å²) in [5.74, 6) is -1.76. The highest BCUT2D eigenvalue weighted by molar-refractivity contribution is 5.84. The molecule has 1 N–H and O–H groups in total. The first-order valence-electron chi connectivity index (χ1n) is 10.3. The molecule has 1 aromatic heterocycles. The molecule has 0 bridgehead atoms. The minimum absolute atomic E-state index is 0.111. The summed E-state index contributed by atoms with van der Waals surface area (Å²) in [6, 6.07) is 7.68. The molecule has 1 spiro atoms. The van der Waals surface area contributed by atoms with E-state index in [0.717, 1.165) is 5.56 Å². The van der Waals surface area contributed by atoms with E-state index in [9.17, 15) is 13.6 Å². The maximum absolute atomic E-state index is 13.6. The number of carbonyl (C=O) groups is 1. The van der Waals surface area contributed by atoms with Crippen LogP contribution >= 0.6 is 0 Å². The van der Waals surface area contributed by atoms with Crippen LogP contribution in [0.4, 0.5) is 14.8 Å². The number of amides is 1. The van der Waals surface area contributed by atoms with Crippen LogP contribution in [0.5, 0.6) is 0 Å². The molecule has 3 fully saturated rings. The fourth-order valence-corrected chi connectivity index (χ4v) is 4.30. The van der Waals surface area contributed by atoms with Crippen LogP contribution in [0.2, 0.25) is 0 Å². The van der Waals surface area contributed by atoms with E-state index >= 15 is 0 Å². The molecule has 2 atom stereocenters. The minimum atomic E-state index is -2.63. The van der Waals surface area contributed by atoms with E-state index in [4.69, 9.17) is 4.42 Å². The van der Waals surface area contributed by atoms with Crippen LogP contribution < -0.4 is 5.32 Å². The normalized spacial score (nSPS) is 26.0. The van der Waals surface area contributed by atoms with Crippen molar-refractivity contribution < 1.29 is 18.0 Å². The van der Waals surface area contributed by atoms with Gasteiger partial charge in [0.15, 0.2) is 0 Å². The summed E-state index contributed by atoms with van der Waals surface area (Å²) in [7, 11) is 0. The van der Waals surface area contributed by atoms with Gasteiger partial charge in [0.2, 0.25) is 11.8 Å². The van der Waals surface area contributed by atoms with Gasteiger partial charge in [-0.2, -0.15) is 0 Å². The number of hydrogen-bond acceptors (Lipinski definition) is 5. The fraction of sp³-hybridized carbons (Fsp3) is 0.571. The highest BCUT2D eigenvalue weighted by Gasteiger charge is 2.73. The van der Waals surface area contributed by atoms with E-state index in [-0.39, 0.29) is 24.9 Å². The van der Waals surface area contributed by atoms with Crippen molar-refractivity contribution in [2.45, 2.75) is 56.9 Å². The summed E-state index contributed by atoms with van der Waals surface area (Å²) in [5, 5.41) is 11.1. The van der Waals surface area contributed by atoms with Crippen molar-refractivity contribution in [3.05, 3.63) is 29.8 Å². The zero-order chi connectivity index (χ0) is 20.2. The average Bonchev–Trinajstić information content (AvgIpc) is 3.50. The van der Waals surface area contributed by atoms with Crippen LogP contribution in [0, 0.1) is 5.41 Å². The van der Waals surface area contributed by atoms with Gasteiger partial charge in [-0.15, -0.1) is 5.10 Å². The molecule has 1 unspecified atom stereocenters. The molecular weight excluding hydrogens is 378 g/mol. The number of nitrogens with zero attached hydrogens (tertiary/aromatic N) is 3. The maximum Gasteiger partial charge on any atom is 0.316 e. The number of aromatic nitrogens is 2. The predicted octanol–water partition coefficient (Wildman–Crippen LogP) is 4.06. The zero-order valence-corrected chi connectivity index (χ0v) is 16.3. The Balaban J connectivity index is 1.24. The second kappa shape index (κ2) is 6.50. The van der Waals surface area contributed by atoms with Crippen molar-refractivity contribution in [2.75, 3.05) is 18.4 Å². The minimum Gasteiger partial charge on any atom is -0.403 e. The van der Waals surface area contributed by atoms with Gasteiger partial charge in [0.1, 0.15) is 6.04 Å². The topological polar surface area (TPSA) is 71.3 Å². The largest absolute Gasteiger partial charge is 0.403 e. The third-order valence-corrected chi connectivity index (χ3v) is 6.51. The molecule has 1 amide bonds. The molecule has 6 nitrogen and oxygen atoms in total. The molecule has 2 saturated carbocycles. The van der Waals surface area contributed by atoms with E-state index < -0.39 is 17.4 Å². The van der Waals surface area contributed by atoms with Gasteiger partial charge in [0.25, 0.3) is 5.92 Å². The Morgan fingerprint density at radius 3 is 2.62 bits per heavy atom. The van der Waals surface area contributed by atoms with Gasteiger partial charge < -0.3 is 14.6 Å². The molecule has 5 rings (SSSR count).